The monoisotopic (exact) mass is 2010 g/mol. The van der Waals surface area contributed by atoms with E-state index >= 15 is 0 Å². The maximum atomic E-state index is 13.6. The van der Waals surface area contributed by atoms with Crippen LogP contribution in [-0.4, -0.2) is 135 Å². The SMILES string of the molecule is CCOCc1ncn2c1Cn1c(COC)nnc1-c1cc(Cl)ccc1-2.Cc1ccc2c(c1)-c1nnc(COc3ccccc3C(C)(C)C)n1Cc1c(C#N)ncn1-2.FC(F)=Cc1ncn2c1Cn1c(COc3ccccc3)nnc1-c1cc(Cl)ccc1-2.FC(F)c1ncn2c1Cn1c(COc3ccccc3)nnc1-c1cc(Cl)ccc1-2.N#Cc1ncn2c1Cn1c(COc3ccccc3)nnc1-c1cc(Cl)ccc1-2. The van der Waals surface area contributed by atoms with Crippen molar-refractivity contribution in [3.63, 3.8) is 0 Å². The zero-order chi connectivity index (χ0) is 99.6. The fourth-order valence-corrected chi connectivity index (χ4v) is 18.2. The van der Waals surface area contributed by atoms with E-state index in [2.05, 4.69) is 137 Å². The molecule has 15 heterocycles. The summed E-state index contributed by atoms with van der Waals surface area (Å²) in [5.74, 6) is 9.50. The Hall–Kier alpha value is -16.6. The fraction of sp³-hybridized carbons (Fsp3) is 0.194. The lowest BCUT2D eigenvalue weighted by atomic mass is 9.86. The number of alkyl halides is 2. The zero-order valence-electron chi connectivity index (χ0n) is 77.7. The van der Waals surface area contributed by atoms with Gasteiger partial charge in [-0.1, -0.05) is 152 Å². The van der Waals surface area contributed by atoms with Crippen molar-refractivity contribution in [1.29, 1.82) is 10.5 Å². The minimum absolute atomic E-state index is 0.0387. The van der Waals surface area contributed by atoms with E-state index in [0.717, 1.165) is 114 Å². The molecule has 0 saturated carbocycles. The maximum absolute atomic E-state index is 13.6. The minimum Gasteiger partial charge on any atom is -0.486 e. The van der Waals surface area contributed by atoms with Gasteiger partial charge in [0.1, 0.15) is 99.2 Å². The molecule has 0 bridgehead atoms. The molecule has 41 heteroatoms. The number of benzene rings is 9. The van der Waals surface area contributed by atoms with E-state index < -0.39 is 12.5 Å². The van der Waals surface area contributed by atoms with Gasteiger partial charge in [-0.25, -0.2) is 33.7 Å². The van der Waals surface area contributed by atoms with Gasteiger partial charge in [0.25, 0.3) is 12.5 Å². The molecule has 5 aliphatic rings. The normalized spacial score (nSPS) is 12.1. The average Bonchev–Trinajstić information content (AvgIpc) is 1.61. The van der Waals surface area contributed by atoms with Crippen LogP contribution in [0.15, 0.2) is 244 Å². The minimum atomic E-state index is -2.69. The van der Waals surface area contributed by atoms with Crippen molar-refractivity contribution >= 4 is 52.5 Å². The molecule has 0 aliphatic carbocycles. The largest absolute Gasteiger partial charge is 0.486 e. The van der Waals surface area contributed by atoms with Crippen molar-refractivity contribution in [1.82, 2.24) is 122 Å². The number of methoxy groups -OCH3 is 1. The highest BCUT2D eigenvalue weighted by atomic mass is 35.5. The first-order chi connectivity index (χ1) is 70.0. The highest BCUT2D eigenvalue weighted by Gasteiger charge is 2.35. The Morgan fingerprint density at radius 3 is 1.15 bits per heavy atom. The smallest absolute Gasteiger partial charge is 0.282 e. The van der Waals surface area contributed by atoms with Gasteiger partial charge in [-0.2, -0.15) is 19.3 Å². The van der Waals surface area contributed by atoms with E-state index in [-0.39, 0.29) is 56.3 Å². The van der Waals surface area contributed by atoms with Gasteiger partial charge in [0.2, 0.25) is 0 Å². The van der Waals surface area contributed by atoms with Gasteiger partial charge >= 0.3 is 0 Å². The molecule has 9 aromatic carbocycles. The summed E-state index contributed by atoms with van der Waals surface area (Å²) in [7, 11) is 1.65. The predicted octanol–water partition coefficient (Wildman–Crippen LogP) is 20.6. The van der Waals surface area contributed by atoms with Crippen molar-refractivity contribution < 1.29 is 46.0 Å². The average molecular weight is 2010 g/mol. The van der Waals surface area contributed by atoms with Crippen molar-refractivity contribution in [3.8, 4) is 121 Å². The third-order valence-corrected chi connectivity index (χ3v) is 25.4. The second kappa shape index (κ2) is 40.9. The Bertz CT molecular complexity index is 8140. The zero-order valence-corrected chi connectivity index (χ0v) is 80.7. The third-order valence-electron chi connectivity index (χ3n) is 24.4. The van der Waals surface area contributed by atoms with Gasteiger partial charge in [-0.3, -0.25) is 9.13 Å². The summed E-state index contributed by atoms with van der Waals surface area (Å²) in [5.41, 5.74) is 15.7. The van der Waals surface area contributed by atoms with Gasteiger partial charge < -0.3 is 65.0 Å². The van der Waals surface area contributed by atoms with E-state index in [0.29, 0.717) is 146 Å². The quantitative estimate of drug-likeness (QED) is 0.0679. The maximum Gasteiger partial charge on any atom is 0.282 e. The lowest BCUT2D eigenvalue weighted by molar-refractivity contribution is 0.130. The van der Waals surface area contributed by atoms with Crippen LogP contribution < -0.4 is 18.9 Å². The molecule has 0 atom stereocenters. The number of fused-ring (bicyclic) bond motifs is 25. The van der Waals surface area contributed by atoms with E-state index in [4.69, 9.17) is 74.8 Å². The predicted molar refractivity (Wildman–Crippen MR) is 526 cm³/mol. The van der Waals surface area contributed by atoms with E-state index in [1.54, 1.807) is 63.8 Å². The Morgan fingerprint density at radius 1 is 0.396 bits per heavy atom. The van der Waals surface area contributed by atoms with E-state index in [9.17, 15) is 28.1 Å². The Balaban J connectivity index is 0.000000110. The van der Waals surface area contributed by atoms with E-state index in [1.165, 1.54) is 12.7 Å². The first-order valence-electron chi connectivity index (χ1n) is 45.2. The number of hydrogen-bond donors (Lipinski definition) is 0. The number of halogens is 8. The van der Waals surface area contributed by atoms with Gasteiger partial charge in [0.15, 0.2) is 69.6 Å². The van der Waals surface area contributed by atoms with Crippen LogP contribution in [0.4, 0.5) is 17.6 Å². The van der Waals surface area contributed by atoms with Crippen molar-refractivity contribution in [3.05, 3.63) is 361 Å². The number of para-hydroxylation sites is 4. The number of aryl methyl sites for hydroxylation is 1. The van der Waals surface area contributed by atoms with Crippen molar-refractivity contribution in [2.24, 2.45) is 0 Å². The Morgan fingerprint density at radius 2 is 0.743 bits per heavy atom. The fourth-order valence-electron chi connectivity index (χ4n) is 17.6. The number of hydrogen-bond acceptors (Lipinski definition) is 23. The second-order valence-electron chi connectivity index (χ2n) is 34.4. The summed E-state index contributed by atoms with van der Waals surface area (Å²) in [4.78, 5) is 21.2. The number of ether oxygens (including phenoxy) is 6. The molecule has 5 aliphatic heterocycles. The molecular weight excluding hydrogens is 1930 g/mol. The number of imidazole rings is 5. The molecule has 144 heavy (non-hydrogen) atoms. The molecule has 0 amide bonds. The molecule has 0 fully saturated rings. The Kier molecular flexibility index (Phi) is 27.0. The summed E-state index contributed by atoms with van der Waals surface area (Å²) in [6, 6.07) is 68.7. The molecule has 0 spiro atoms. The molecule has 33 nitrogen and oxygen atoms in total. The molecule has 10 aromatic heterocycles. The standard InChI is InChI=1S/C25H24N6O.C21H14ClF2N5O.C20H14ClF2N5O.C20H13ClN6O.C17H18ClN5O2/c1-16-9-10-20-17(11-16)24-29-28-23(30(24)13-21-19(12-26)27-15-31(20)21)14-32-22-8-6-5-7-18(22)25(2,3)4;22-13-6-7-17-15(8-13)21-27-26-20(11-30-14-4-2-1-3-5-14)28(21)10-18-16(9-19(23)24)25-12-29(17)18;21-12-6-7-15-14(8-12)20-26-25-17(10-29-13-4-2-1-3-5-13)27(20)9-16-18(19(22)23)24-11-28(15)16;21-13-6-7-17-15(8-13)20-25-24-19(11-28-14-4-2-1-3-5-14)26(20)10-18-16(9-22)23-12-27(17)18;1-3-25-8-13-15-7-22-16(9-24-2)20-21-17(22)12-6-11(18)4-5-14(12)23(15)10-19-13/h5-11,15H,13-14H2,1-4H3;1-9,12H,10-11H2;1-8,11,19H,9-10H2;1-8,12H,10-11H2;4-6,10H,3,7-9H2,1-2H3. The first-order valence-corrected chi connectivity index (χ1v) is 46.7. The Labute approximate surface area is 839 Å². The number of rotatable bonds is 19. The van der Waals surface area contributed by atoms with Gasteiger partial charge in [0, 0.05) is 67.7 Å². The molecule has 19 aromatic rings. The molecule has 722 valence electrons. The van der Waals surface area contributed by atoms with Crippen LogP contribution in [0.3, 0.4) is 0 Å². The van der Waals surface area contributed by atoms with Crippen molar-refractivity contribution in [2.45, 2.75) is 119 Å². The van der Waals surface area contributed by atoms with Gasteiger partial charge in [0.05, 0.1) is 114 Å². The summed E-state index contributed by atoms with van der Waals surface area (Å²) in [6.45, 7) is 14.7. The van der Waals surface area contributed by atoms with E-state index in [1.807, 2.05) is 200 Å². The molecule has 0 N–H and O–H groups in total. The second-order valence-corrected chi connectivity index (χ2v) is 36.1. The van der Waals surface area contributed by atoms with Gasteiger partial charge in [-0.05, 0) is 152 Å². The topological polar surface area (TPSA) is 346 Å². The van der Waals surface area contributed by atoms with Crippen LogP contribution in [0, 0.1) is 29.6 Å². The lowest BCUT2D eigenvalue weighted by Crippen LogP contribution is -2.15. The highest BCUT2D eigenvalue weighted by Crippen LogP contribution is 2.43. The third kappa shape index (κ3) is 19.2. The van der Waals surface area contributed by atoms with Crippen LogP contribution in [0.25, 0.3) is 91.5 Å². The first kappa shape index (κ1) is 95.0. The number of nitrogens with zero attached hydrogens (tertiary/aromatic N) is 27. The number of nitriles is 2. The molecule has 0 radical (unpaired) electrons. The van der Waals surface area contributed by atoms with Crippen LogP contribution in [-0.2, 0) is 87.3 Å². The van der Waals surface area contributed by atoms with Crippen LogP contribution in [0.1, 0.15) is 131 Å². The van der Waals surface area contributed by atoms with Gasteiger partial charge in [-0.15, -0.1) is 51.0 Å². The molecular formula is C103H83Cl4F4N27O6. The molecule has 24 rings (SSSR count). The molecule has 0 saturated heterocycles. The summed E-state index contributed by atoms with van der Waals surface area (Å²) >= 11 is 24.9. The summed E-state index contributed by atoms with van der Waals surface area (Å²) < 4.78 is 107. The molecule has 0 unspecified atom stereocenters. The van der Waals surface area contributed by atoms with Crippen LogP contribution >= 0.6 is 46.4 Å². The summed E-state index contributed by atoms with van der Waals surface area (Å²) in [6.07, 6.45) is 4.37. The lowest BCUT2D eigenvalue weighted by Gasteiger charge is -2.22. The number of aromatic nitrogens is 25. The van der Waals surface area contributed by atoms with Crippen LogP contribution in [0.5, 0.6) is 23.0 Å². The van der Waals surface area contributed by atoms with Crippen LogP contribution in [0.2, 0.25) is 20.1 Å². The van der Waals surface area contributed by atoms with Crippen molar-refractivity contribution in [2.75, 3.05) is 13.7 Å². The highest BCUT2D eigenvalue weighted by molar-refractivity contribution is 6.32. The summed E-state index contributed by atoms with van der Waals surface area (Å²) in [5, 5.41) is 64.9.